The largest absolute Gasteiger partial charge is 0.471 e. The van der Waals surface area contributed by atoms with E-state index in [0.29, 0.717) is 47.9 Å². The second-order valence-electron chi connectivity index (χ2n) is 8.84. The molecule has 4 aromatic rings. The highest BCUT2D eigenvalue weighted by Crippen LogP contribution is 2.30. The number of ether oxygens (including phenoxy) is 1. The monoisotopic (exact) mass is 464 g/mol. The first-order valence-corrected chi connectivity index (χ1v) is 11.5. The van der Waals surface area contributed by atoms with Crippen molar-refractivity contribution < 1.29 is 14.1 Å². The maximum atomic E-state index is 13.0. The van der Waals surface area contributed by atoms with Crippen LogP contribution in [0, 0.1) is 6.92 Å². The summed E-state index contributed by atoms with van der Waals surface area (Å²) in [5.41, 5.74) is 3.77. The van der Waals surface area contributed by atoms with Crippen molar-refractivity contribution in [1.29, 1.82) is 0 Å². The zero-order chi connectivity index (χ0) is 24.0. The van der Waals surface area contributed by atoms with Gasteiger partial charge in [0.1, 0.15) is 23.8 Å². The molecule has 1 aliphatic rings. The minimum Gasteiger partial charge on any atom is -0.471 e. The molecule has 178 valence electrons. The summed E-state index contributed by atoms with van der Waals surface area (Å²) < 4.78 is 15.4. The minimum atomic E-state index is -0.195. The second kappa shape index (κ2) is 8.54. The number of nitrogens with zero attached hydrogens (tertiary/aromatic N) is 8. The van der Waals surface area contributed by atoms with Crippen molar-refractivity contribution in [3.05, 3.63) is 35.7 Å². The van der Waals surface area contributed by atoms with E-state index >= 15 is 0 Å². The number of carbonyl (C=O) groups is 1. The summed E-state index contributed by atoms with van der Waals surface area (Å²) in [6, 6.07) is 0. The van der Waals surface area contributed by atoms with Crippen molar-refractivity contribution in [2.45, 2.75) is 52.7 Å². The zero-order valence-corrected chi connectivity index (χ0v) is 20.0. The molecule has 0 bridgehead atoms. The van der Waals surface area contributed by atoms with Crippen molar-refractivity contribution in [1.82, 2.24) is 39.4 Å². The Balaban J connectivity index is 1.38. The van der Waals surface area contributed by atoms with Crippen LogP contribution in [0.5, 0.6) is 5.88 Å². The van der Waals surface area contributed by atoms with Crippen LogP contribution >= 0.6 is 0 Å². The number of amides is 1. The summed E-state index contributed by atoms with van der Waals surface area (Å²) in [5, 5.41) is 8.26. The number of hydrogen-bond acceptors (Lipinski definition) is 8. The molecular weight excluding hydrogens is 436 g/mol. The summed E-state index contributed by atoms with van der Waals surface area (Å²) in [7, 11) is 1.92. The number of aromatic nitrogens is 7. The molecule has 1 aliphatic heterocycles. The molecule has 1 saturated heterocycles. The lowest BCUT2D eigenvalue weighted by Crippen LogP contribution is -2.31. The first-order chi connectivity index (χ1) is 16.4. The van der Waals surface area contributed by atoms with Gasteiger partial charge in [-0.2, -0.15) is 10.1 Å². The third-order valence-corrected chi connectivity index (χ3v) is 6.33. The van der Waals surface area contributed by atoms with Gasteiger partial charge in [-0.15, -0.1) is 0 Å². The number of aryl methyl sites for hydroxylation is 2. The van der Waals surface area contributed by atoms with Crippen LogP contribution in [0.1, 0.15) is 54.9 Å². The van der Waals surface area contributed by atoms with Crippen molar-refractivity contribution in [3.8, 4) is 17.3 Å². The lowest BCUT2D eigenvalue weighted by molar-refractivity contribution is 0.0768. The normalized spacial score (nSPS) is 16.2. The maximum Gasteiger partial charge on any atom is 0.259 e. The van der Waals surface area contributed by atoms with E-state index in [4.69, 9.17) is 14.2 Å². The van der Waals surface area contributed by atoms with E-state index in [2.05, 4.69) is 27.1 Å². The van der Waals surface area contributed by atoms with Gasteiger partial charge >= 0.3 is 0 Å². The van der Waals surface area contributed by atoms with Crippen LogP contribution in [-0.4, -0.2) is 64.5 Å². The van der Waals surface area contributed by atoms with Crippen molar-refractivity contribution >= 4 is 17.1 Å². The van der Waals surface area contributed by atoms with E-state index in [1.165, 1.54) is 12.5 Å². The van der Waals surface area contributed by atoms with Gasteiger partial charge in [0.25, 0.3) is 5.91 Å². The molecule has 11 heteroatoms. The van der Waals surface area contributed by atoms with Gasteiger partial charge in [-0.25, -0.2) is 9.97 Å². The number of imidazole rings is 1. The molecule has 5 heterocycles. The van der Waals surface area contributed by atoms with Gasteiger partial charge in [-0.05, 0) is 13.8 Å². The van der Waals surface area contributed by atoms with Crippen LogP contribution in [0.15, 0.2) is 23.2 Å². The Bertz CT molecular complexity index is 1350. The molecule has 0 N–H and O–H groups in total. The summed E-state index contributed by atoms with van der Waals surface area (Å²) in [4.78, 5) is 28.4. The Morgan fingerprint density at radius 2 is 2.12 bits per heavy atom. The van der Waals surface area contributed by atoms with Crippen LogP contribution in [0.3, 0.4) is 0 Å². The Kier molecular flexibility index (Phi) is 5.54. The van der Waals surface area contributed by atoms with E-state index in [1.54, 1.807) is 4.90 Å². The summed E-state index contributed by atoms with van der Waals surface area (Å²) in [5.74, 6) is 1.77. The Morgan fingerprint density at radius 1 is 1.29 bits per heavy atom. The average molecular weight is 465 g/mol. The molecular formula is C23H28N8O3. The molecule has 11 nitrogen and oxygen atoms in total. The molecule has 1 fully saturated rings. The molecule has 34 heavy (non-hydrogen) atoms. The Labute approximate surface area is 196 Å². The molecule has 4 aromatic heterocycles. The first-order valence-electron chi connectivity index (χ1n) is 11.5. The Hall–Kier alpha value is -3.76. The highest BCUT2D eigenvalue weighted by Gasteiger charge is 2.32. The van der Waals surface area contributed by atoms with E-state index in [-0.39, 0.29) is 17.9 Å². The van der Waals surface area contributed by atoms with Gasteiger partial charge in [-0.1, -0.05) is 19.0 Å². The maximum absolute atomic E-state index is 13.0. The standard InChI is InChI=1S/C23H28N8O3/c1-6-31-14(4)16(9-26-31)20-28-18-21(29(20)5)24-12-25-22(18)33-15-7-8-30(11-15)23(32)17-10-27-34-19(17)13(2)3/h9-10,12-13,15H,6-8,11H2,1-5H3/t15-/m0/s1. The van der Waals surface area contributed by atoms with E-state index in [0.717, 1.165) is 23.6 Å². The minimum absolute atomic E-state index is 0.0804. The van der Waals surface area contributed by atoms with Gasteiger partial charge < -0.3 is 18.7 Å². The molecule has 1 atom stereocenters. The molecule has 0 unspecified atom stereocenters. The van der Waals surface area contributed by atoms with Gasteiger partial charge in [-0.3, -0.25) is 9.48 Å². The number of carbonyl (C=O) groups excluding carboxylic acids is 1. The van der Waals surface area contributed by atoms with Crippen molar-refractivity contribution in [3.63, 3.8) is 0 Å². The second-order valence-corrected chi connectivity index (χ2v) is 8.84. The molecule has 0 spiro atoms. The molecule has 0 radical (unpaired) electrons. The number of hydrogen-bond donors (Lipinski definition) is 0. The van der Waals surface area contributed by atoms with Crippen molar-refractivity contribution in [2.24, 2.45) is 7.05 Å². The predicted octanol–water partition coefficient (Wildman–Crippen LogP) is 2.96. The summed E-state index contributed by atoms with van der Waals surface area (Å²) >= 11 is 0. The Morgan fingerprint density at radius 3 is 2.85 bits per heavy atom. The van der Waals surface area contributed by atoms with E-state index < -0.39 is 0 Å². The lowest BCUT2D eigenvalue weighted by Gasteiger charge is -2.17. The number of rotatable bonds is 6. The lowest BCUT2D eigenvalue weighted by atomic mass is 10.1. The van der Waals surface area contributed by atoms with Gasteiger partial charge in [0.15, 0.2) is 16.9 Å². The summed E-state index contributed by atoms with van der Waals surface area (Å²) in [6.07, 6.45) is 5.30. The summed E-state index contributed by atoms with van der Waals surface area (Å²) in [6.45, 7) is 9.86. The third-order valence-electron chi connectivity index (χ3n) is 6.33. The quantitative estimate of drug-likeness (QED) is 0.427. The smallest absolute Gasteiger partial charge is 0.259 e. The zero-order valence-electron chi connectivity index (χ0n) is 20.0. The van der Waals surface area contributed by atoms with Crippen molar-refractivity contribution in [2.75, 3.05) is 13.1 Å². The molecule has 5 rings (SSSR count). The SMILES string of the molecule is CCn1ncc(-c2nc3c(O[C@H]4CCN(C(=O)c5cnoc5C(C)C)C4)ncnc3n2C)c1C. The van der Waals surface area contributed by atoms with E-state index in [1.807, 2.05) is 43.3 Å². The first kappa shape index (κ1) is 22.1. The fraction of sp³-hybridized carbons (Fsp3) is 0.478. The van der Waals surface area contributed by atoms with Crippen LogP contribution in [0.4, 0.5) is 0 Å². The topological polar surface area (TPSA) is 117 Å². The number of likely N-dealkylation sites (tertiary alicyclic amines) is 1. The fourth-order valence-electron chi connectivity index (χ4n) is 4.45. The van der Waals surface area contributed by atoms with Crippen LogP contribution in [0.25, 0.3) is 22.6 Å². The molecule has 0 aliphatic carbocycles. The van der Waals surface area contributed by atoms with Crippen LogP contribution < -0.4 is 4.74 Å². The third kappa shape index (κ3) is 3.61. The predicted molar refractivity (Wildman–Crippen MR) is 123 cm³/mol. The molecule has 0 saturated carbocycles. The highest BCUT2D eigenvalue weighted by molar-refractivity contribution is 5.95. The van der Waals surface area contributed by atoms with Gasteiger partial charge in [0.05, 0.1) is 24.5 Å². The van der Waals surface area contributed by atoms with E-state index in [9.17, 15) is 4.79 Å². The van der Waals surface area contributed by atoms with Gasteiger partial charge in [0, 0.05) is 38.2 Å². The van der Waals surface area contributed by atoms with Crippen LogP contribution in [0.2, 0.25) is 0 Å². The number of fused-ring (bicyclic) bond motifs is 1. The average Bonchev–Trinajstić information content (AvgIpc) is 3.60. The fourth-order valence-corrected chi connectivity index (χ4v) is 4.45. The molecule has 1 amide bonds. The van der Waals surface area contributed by atoms with Crippen LogP contribution in [-0.2, 0) is 13.6 Å². The highest BCUT2D eigenvalue weighted by atomic mass is 16.5. The van der Waals surface area contributed by atoms with Gasteiger partial charge in [0.2, 0.25) is 5.88 Å². The molecule has 0 aromatic carbocycles.